The summed E-state index contributed by atoms with van der Waals surface area (Å²) in [6.07, 6.45) is 5.45. The van der Waals surface area contributed by atoms with Crippen molar-refractivity contribution >= 4 is 5.69 Å². The van der Waals surface area contributed by atoms with Crippen molar-refractivity contribution in [1.82, 2.24) is 14.8 Å². The normalized spacial score (nSPS) is 12.1. The van der Waals surface area contributed by atoms with Crippen molar-refractivity contribution in [2.45, 2.75) is 13.0 Å². The highest BCUT2D eigenvalue weighted by Crippen LogP contribution is 2.18. The van der Waals surface area contributed by atoms with Crippen LogP contribution < -0.4 is 5.32 Å². The maximum absolute atomic E-state index is 4.41. The smallest absolute Gasteiger partial charge is 0.153 e. The minimum absolute atomic E-state index is 0.244. The molecule has 0 amide bonds. The van der Waals surface area contributed by atoms with E-state index in [9.17, 15) is 0 Å². The lowest BCUT2D eigenvalue weighted by Crippen LogP contribution is -2.07. The van der Waals surface area contributed by atoms with Crippen LogP contribution in [-0.2, 0) is 0 Å². The van der Waals surface area contributed by atoms with Gasteiger partial charge in [0.15, 0.2) is 5.82 Å². The molecule has 0 saturated carbocycles. The summed E-state index contributed by atoms with van der Waals surface area (Å²) in [6, 6.07) is 16.4. The number of hydrogen-bond acceptors (Lipinski definition) is 3. The molecule has 2 aromatic heterocycles. The number of benzene rings is 1. The molecule has 3 rings (SSSR count). The highest BCUT2D eigenvalue weighted by molar-refractivity contribution is 5.45. The van der Waals surface area contributed by atoms with Gasteiger partial charge in [-0.3, -0.25) is 0 Å². The van der Waals surface area contributed by atoms with Gasteiger partial charge in [0.25, 0.3) is 0 Å². The lowest BCUT2D eigenvalue weighted by molar-refractivity contribution is 0.842. The highest BCUT2D eigenvalue weighted by atomic mass is 15.3. The standard InChI is InChI=1S/C16H16N4/c1-13(14-6-3-2-4-7-14)19-15-8-9-16(17-12-15)20-11-5-10-18-20/h2-13,19H,1H3. The molecule has 1 atom stereocenters. The van der Waals surface area contributed by atoms with Gasteiger partial charge in [0.1, 0.15) is 0 Å². The molecule has 0 aliphatic carbocycles. The molecule has 4 nitrogen and oxygen atoms in total. The first-order valence-corrected chi connectivity index (χ1v) is 6.60. The molecule has 1 unspecified atom stereocenters. The Morgan fingerprint density at radius 3 is 2.55 bits per heavy atom. The Hall–Kier alpha value is -2.62. The zero-order chi connectivity index (χ0) is 13.8. The van der Waals surface area contributed by atoms with E-state index in [0.717, 1.165) is 11.5 Å². The zero-order valence-corrected chi connectivity index (χ0v) is 11.3. The summed E-state index contributed by atoms with van der Waals surface area (Å²) in [4.78, 5) is 4.41. The second-order valence-electron chi connectivity index (χ2n) is 4.63. The van der Waals surface area contributed by atoms with Crippen LogP contribution in [0.2, 0.25) is 0 Å². The van der Waals surface area contributed by atoms with Gasteiger partial charge in [-0.25, -0.2) is 9.67 Å². The van der Waals surface area contributed by atoms with Gasteiger partial charge in [-0.15, -0.1) is 0 Å². The quantitative estimate of drug-likeness (QED) is 0.785. The SMILES string of the molecule is CC(Nc1ccc(-n2cccn2)nc1)c1ccccc1. The van der Waals surface area contributed by atoms with E-state index < -0.39 is 0 Å². The van der Waals surface area contributed by atoms with Crippen LogP contribution in [0.4, 0.5) is 5.69 Å². The molecule has 0 bridgehead atoms. The van der Waals surface area contributed by atoms with Crippen LogP contribution in [0, 0.1) is 0 Å². The molecule has 3 aromatic rings. The van der Waals surface area contributed by atoms with Crippen LogP contribution >= 0.6 is 0 Å². The Labute approximate surface area is 118 Å². The van der Waals surface area contributed by atoms with Gasteiger partial charge < -0.3 is 5.32 Å². The van der Waals surface area contributed by atoms with Crippen molar-refractivity contribution in [2.75, 3.05) is 5.32 Å². The van der Waals surface area contributed by atoms with Crippen LogP contribution in [0.3, 0.4) is 0 Å². The van der Waals surface area contributed by atoms with E-state index in [-0.39, 0.29) is 6.04 Å². The molecule has 0 aliphatic rings. The van der Waals surface area contributed by atoms with Gasteiger partial charge in [0.05, 0.1) is 11.9 Å². The molecule has 100 valence electrons. The van der Waals surface area contributed by atoms with Gasteiger partial charge in [0, 0.05) is 18.4 Å². The van der Waals surface area contributed by atoms with Gasteiger partial charge in [-0.1, -0.05) is 30.3 Å². The van der Waals surface area contributed by atoms with E-state index in [2.05, 4.69) is 34.5 Å². The highest BCUT2D eigenvalue weighted by Gasteiger charge is 2.05. The van der Waals surface area contributed by atoms with Crippen molar-refractivity contribution in [3.05, 3.63) is 72.7 Å². The first-order chi connectivity index (χ1) is 9.83. The number of rotatable bonds is 4. The topological polar surface area (TPSA) is 42.7 Å². The van der Waals surface area contributed by atoms with Gasteiger partial charge in [-0.2, -0.15) is 5.10 Å². The van der Waals surface area contributed by atoms with Crippen LogP contribution in [-0.4, -0.2) is 14.8 Å². The third-order valence-electron chi connectivity index (χ3n) is 3.17. The van der Waals surface area contributed by atoms with Crippen molar-refractivity contribution in [3.8, 4) is 5.82 Å². The molecule has 0 aliphatic heterocycles. The Morgan fingerprint density at radius 2 is 1.90 bits per heavy atom. The average Bonchev–Trinajstić information content (AvgIpc) is 3.03. The maximum Gasteiger partial charge on any atom is 0.153 e. The summed E-state index contributed by atoms with van der Waals surface area (Å²) < 4.78 is 1.74. The summed E-state index contributed by atoms with van der Waals surface area (Å²) in [5, 5.41) is 7.60. The molecule has 0 radical (unpaired) electrons. The van der Waals surface area contributed by atoms with Crippen LogP contribution in [0.25, 0.3) is 5.82 Å². The Morgan fingerprint density at radius 1 is 1.05 bits per heavy atom. The van der Waals surface area contributed by atoms with Crippen molar-refractivity contribution in [2.24, 2.45) is 0 Å². The van der Waals surface area contributed by atoms with Crippen LogP contribution in [0.15, 0.2) is 67.1 Å². The number of aromatic nitrogens is 3. The predicted molar refractivity (Wildman–Crippen MR) is 79.8 cm³/mol. The monoisotopic (exact) mass is 264 g/mol. The average molecular weight is 264 g/mol. The number of hydrogen-bond donors (Lipinski definition) is 1. The Bertz CT molecular complexity index is 645. The van der Waals surface area contributed by atoms with E-state index in [4.69, 9.17) is 0 Å². The third-order valence-corrected chi connectivity index (χ3v) is 3.17. The largest absolute Gasteiger partial charge is 0.377 e. The lowest BCUT2D eigenvalue weighted by Gasteiger charge is -2.15. The molecule has 1 N–H and O–H groups in total. The number of nitrogens with one attached hydrogen (secondary N) is 1. The fourth-order valence-corrected chi connectivity index (χ4v) is 2.09. The summed E-state index contributed by atoms with van der Waals surface area (Å²) in [5.74, 6) is 0.813. The van der Waals surface area contributed by atoms with Crippen molar-refractivity contribution in [3.63, 3.8) is 0 Å². The molecule has 4 heteroatoms. The molecule has 0 saturated heterocycles. The second-order valence-corrected chi connectivity index (χ2v) is 4.63. The van der Waals surface area contributed by atoms with Crippen LogP contribution in [0.1, 0.15) is 18.5 Å². The summed E-state index contributed by atoms with van der Waals surface area (Å²) in [5.41, 5.74) is 2.25. The molecule has 1 aromatic carbocycles. The first-order valence-electron chi connectivity index (χ1n) is 6.60. The van der Waals surface area contributed by atoms with E-state index >= 15 is 0 Å². The number of anilines is 1. The fourth-order valence-electron chi connectivity index (χ4n) is 2.09. The first kappa shape index (κ1) is 12.4. The minimum Gasteiger partial charge on any atom is -0.377 e. The summed E-state index contributed by atoms with van der Waals surface area (Å²) in [6.45, 7) is 2.14. The molecule has 20 heavy (non-hydrogen) atoms. The van der Waals surface area contributed by atoms with Gasteiger partial charge in [0.2, 0.25) is 0 Å². The Kier molecular flexibility index (Phi) is 3.46. The minimum atomic E-state index is 0.244. The molecule has 0 spiro atoms. The summed E-state index contributed by atoms with van der Waals surface area (Å²) >= 11 is 0. The maximum atomic E-state index is 4.41. The zero-order valence-electron chi connectivity index (χ0n) is 11.3. The van der Waals surface area contributed by atoms with Crippen molar-refractivity contribution in [1.29, 1.82) is 0 Å². The fraction of sp³-hybridized carbons (Fsp3) is 0.125. The molecule has 2 heterocycles. The molecular formula is C16H16N4. The number of nitrogens with zero attached hydrogens (tertiary/aromatic N) is 3. The van der Waals surface area contributed by atoms with Gasteiger partial charge in [-0.05, 0) is 30.7 Å². The number of pyridine rings is 1. The van der Waals surface area contributed by atoms with Crippen LogP contribution in [0.5, 0.6) is 0 Å². The second kappa shape index (κ2) is 5.57. The van der Waals surface area contributed by atoms with Gasteiger partial charge >= 0.3 is 0 Å². The molecular weight excluding hydrogens is 248 g/mol. The summed E-state index contributed by atoms with van der Waals surface area (Å²) in [7, 11) is 0. The van der Waals surface area contributed by atoms with E-state index in [1.807, 2.05) is 48.8 Å². The van der Waals surface area contributed by atoms with E-state index in [1.54, 1.807) is 10.9 Å². The third kappa shape index (κ3) is 2.69. The molecule has 0 fully saturated rings. The van der Waals surface area contributed by atoms with Crippen molar-refractivity contribution < 1.29 is 0 Å². The van der Waals surface area contributed by atoms with E-state index in [1.165, 1.54) is 5.56 Å². The Balaban J connectivity index is 1.72. The predicted octanol–water partition coefficient (Wildman–Crippen LogP) is 3.44. The lowest BCUT2D eigenvalue weighted by atomic mass is 10.1. The van der Waals surface area contributed by atoms with E-state index in [0.29, 0.717) is 0 Å².